The van der Waals surface area contributed by atoms with Crippen molar-refractivity contribution in [2.75, 3.05) is 26.3 Å². The van der Waals surface area contributed by atoms with Crippen LogP contribution in [0.3, 0.4) is 0 Å². The molecule has 0 aliphatic carbocycles. The highest BCUT2D eigenvalue weighted by molar-refractivity contribution is 4.93. The quantitative estimate of drug-likeness (QED) is 0.744. The van der Waals surface area contributed by atoms with E-state index < -0.39 is 0 Å². The third kappa shape index (κ3) is 3.17. The zero-order chi connectivity index (χ0) is 11.4. The van der Waals surface area contributed by atoms with Crippen molar-refractivity contribution >= 4 is 0 Å². The van der Waals surface area contributed by atoms with Gasteiger partial charge < -0.3 is 19.9 Å². The lowest BCUT2D eigenvalue weighted by Gasteiger charge is -2.32. The Labute approximate surface area is 97.3 Å². The van der Waals surface area contributed by atoms with Crippen molar-refractivity contribution in [2.45, 2.75) is 50.4 Å². The van der Waals surface area contributed by atoms with E-state index in [9.17, 15) is 0 Å². The molecule has 0 aromatic heterocycles. The van der Waals surface area contributed by atoms with Gasteiger partial charge in [-0.3, -0.25) is 0 Å². The maximum atomic E-state index is 9.15. The Morgan fingerprint density at radius 2 is 2.25 bits per heavy atom. The van der Waals surface area contributed by atoms with Crippen molar-refractivity contribution in [1.82, 2.24) is 5.32 Å². The predicted octanol–water partition coefficient (Wildman–Crippen LogP) is 0.685. The smallest absolute Gasteiger partial charge is 0.0836 e. The minimum absolute atomic E-state index is 0.0841. The van der Waals surface area contributed by atoms with Crippen molar-refractivity contribution in [3.05, 3.63) is 0 Å². The van der Waals surface area contributed by atoms with E-state index in [0.29, 0.717) is 13.0 Å². The third-order valence-electron chi connectivity index (χ3n) is 3.58. The summed E-state index contributed by atoms with van der Waals surface area (Å²) in [6.45, 7) is 5.27. The molecule has 94 valence electrons. The highest BCUT2D eigenvalue weighted by atomic mass is 16.6. The Morgan fingerprint density at radius 1 is 1.50 bits per heavy atom. The average molecular weight is 229 g/mol. The molecule has 0 aromatic carbocycles. The summed E-state index contributed by atoms with van der Waals surface area (Å²) in [7, 11) is 0. The molecular weight excluding hydrogens is 206 g/mol. The molecule has 2 heterocycles. The predicted molar refractivity (Wildman–Crippen MR) is 61.4 cm³/mol. The Balaban J connectivity index is 1.70. The average Bonchev–Trinajstić information content (AvgIpc) is 2.62. The van der Waals surface area contributed by atoms with Gasteiger partial charge in [0.2, 0.25) is 0 Å². The second-order valence-corrected chi connectivity index (χ2v) is 5.08. The lowest BCUT2D eigenvalue weighted by atomic mass is 9.89. The molecule has 2 rings (SSSR count). The zero-order valence-corrected chi connectivity index (χ0v) is 10.1. The summed E-state index contributed by atoms with van der Waals surface area (Å²) < 4.78 is 11.7. The molecule has 4 heteroatoms. The Morgan fingerprint density at radius 3 is 2.94 bits per heavy atom. The molecule has 2 saturated heterocycles. The van der Waals surface area contributed by atoms with Crippen molar-refractivity contribution in [1.29, 1.82) is 0 Å². The van der Waals surface area contributed by atoms with Gasteiger partial charge in [0.15, 0.2) is 0 Å². The molecule has 2 N–H and O–H groups in total. The van der Waals surface area contributed by atoms with Crippen LogP contribution >= 0.6 is 0 Å². The normalized spacial score (nSPS) is 30.8. The molecule has 0 bridgehead atoms. The van der Waals surface area contributed by atoms with Crippen molar-refractivity contribution < 1.29 is 14.6 Å². The number of rotatable bonds is 4. The SMILES string of the molecule is CC(O)CCOC1COC2(CCNCC2)C1. The van der Waals surface area contributed by atoms with Crippen molar-refractivity contribution in [2.24, 2.45) is 0 Å². The molecule has 16 heavy (non-hydrogen) atoms. The first-order valence-corrected chi connectivity index (χ1v) is 6.35. The van der Waals surface area contributed by atoms with E-state index in [4.69, 9.17) is 14.6 Å². The highest BCUT2D eigenvalue weighted by Crippen LogP contribution is 2.35. The Kier molecular flexibility index (Phi) is 4.19. The minimum Gasteiger partial charge on any atom is -0.393 e. The van der Waals surface area contributed by atoms with Gasteiger partial charge >= 0.3 is 0 Å². The number of piperidine rings is 1. The monoisotopic (exact) mass is 229 g/mol. The number of nitrogens with one attached hydrogen (secondary N) is 1. The van der Waals surface area contributed by atoms with E-state index in [1.807, 2.05) is 0 Å². The molecule has 2 atom stereocenters. The molecule has 1 spiro atoms. The first-order valence-electron chi connectivity index (χ1n) is 6.35. The number of hydrogen-bond donors (Lipinski definition) is 2. The molecule has 2 aliphatic heterocycles. The van der Waals surface area contributed by atoms with Gasteiger partial charge in [0.1, 0.15) is 0 Å². The molecule has 0 radical (unpaired) electrons. The van der Waals surface area contributed by atoms with Crippen LogP contribution < -0.4 is 5.32 Å². The van der Waals surface area contributed by atoms with Gasteiger partial charge in [0.05, 0.1) is 24.4 Å². The molecule has 0 saturated carbocycles. The first-order chi connectivity index (χ1) is 7.70. The summed E-state index contributed by atoms with van der Waals surface area (Å²) in [6, 6.07) is 0. The molecular formula is C12H23NO3. The number of ether oxygens (including phenoxy) is 2. The van der Waals surface area contributed by atoms with Crippen molar-refractivity contribution in [3.63, 3.8) is 0 Å². The summed E-state index contributed by atoms with van der Waals surface area (Å²) in [6.07, 6.45) is 3.90. The standard InChI is InChI=1S/C12H23NO3/c1-10(14)2-7-15-11-8-12(16-9-11)3-5-13-6-4-12/h10-11,13-14H,2-9H2,1H3. The van der Waals surface area contributed by atoms with E-state index >= 15 is 0 Å². The zero-order valence-electron chi connectivity index (χ0n) is 10.1. The van der Waals surface area contributed by atoms with Gasteiger partial charge in [0, 0.05) is 13.0 Å². The minimum atomic E-state index is -0.268. The molecule has 4 nitrogen and oxygen atoms in total. The van der Waals surface area contributed by atoms with Gasteiger partial charge in [-0.25, -0.2) is 0 Å². The van der Waals surface area contributed by atoms with E-state index in [0.717, 1.165) is 39.0 Å². The maximum Gasteiger partial charge on any atom is 0.0836 e. The molecule has 2 fully saturated rings. The fraction of sp³-hybridized carbons (Fsp3) is 1.00. The summed E-state index contributed by atoms with van der Waals surface area (Å²) in [5.41, 5.74) is 0.0841. The first kappa shape index (κ1) is 12.3. The lowest BCUT2D eigenvalue weighted by molar-refractivity contribution is -0.0242. The van der Waals surface area contributed by atoms with Crippen LogP contribution in [-0.4, -0.2) is 49.2 Å². The fourth-order valence-corrected chi connectivity index (χ4v) is 2.55. The highest BCUT2D eigenvalue weighted by Gasteiger charge is 2.41. The van der Waals surface area contributed by atoms with Crippen LogP contribution in [0.15, 0.2) is 0 Å². The van der Waals surface area contributed by atoms with Gasteiger partial charge in [-0.1, -0.05) is 0 Å². The van der Waals surface area contributed by atoms with Crippen molar-refractivity contribution in [3.8, 4) is 0 Å². The second kappa shape index (κ2) is 5.45. The number of aliphatic hydroxyl groups is 1. The third-order valence-corrected chi connectivity index (χ3v) is 3.58. The van der Waals surface area contributed by atoms with E-state index in [1.165, 1.54) is 0 Å². The lowest BCUT2D eigenvalue weighted by Crippen LogP contribution is -2.41. The summed E-state index contributed by atoms with van der Waals surface area (Å²) in [5, 5.41) is 12.5. The van der Waals surface area contributed by atoms with Gasteiger partial charge in [-0.15, -0.1) is 0 Å². The summed E-state index contributed by atoms with van der Waals surface area (Å²) >= 11 is 0. The summed E-state index contributed by atoms with van der Waals surface area (Å²) in [5.74, 6) is 0. The number of hydrogen-bond acceptors (Lipinski definition) is 4. The van der Waals surface area contributed by atoms with Gasteiger partial charge in [-0.2, -0.15) is 0 Å². The largest absolute Gasteiger partial charge is 0.393 e. The fourth-order valence-electron chi connectivity index (χ4n) is 2.55. The maximum absolute atomic E-state index is 9.15. The van der Waals surface area contributed by atoms with Crippen LogP contribution in [0.2, 0.25) is 0 Å². The Hall–Kier alpha value is -0.160. The van der Waals surface area contributed by atoms with Gasteiger partial charge in [0.25, 0.3) is 0 Å². The molecule has 0 amide bonds. The van der Waals surface area contributed by atoms with E-state index in [2.05, 4.69) is 5.32 Å². The number of aliphatic hydroxyl groups excluding tert-OH is 1. The second-order valence-electron chi connectivity index (χ2n) is 5.08. The summed E-state index contributed by atoms with van der Waals surface area (Å²) in [4.78, 5) is 0. The van der Waals surface area contributed by atoms with E-state index in [1.54, 1.807) is 6.92 Å². The molecule has 2 aliphatic rings. The topological polar surface area (TPSA) is 50.7 Å². The van der Waals surface area contributed by atoms with Gasteiger partial charge in [-0.05, 0) is 39.3 Å². The van der Waals surface area contributed by atoms with E-state index in [-0.39, 0.29) is 17.8 Å². The van der Waals surface area contributed by atoms with Crippen LogP contribution in [0.4, 0.5) is 0 Å². The molecule has 2 unspecified atom stereocenters. The van der Waals surface area contributed by atoms with Crippen LogP contribution in [0.25, 0.3) is 0 Å². The van der Waals surface area contributed by atoms with Crippen LogP contribution in [0.5, 0.6) is 0 Å². The van der Waals surface area contributed by atoms with Crippen LogP contribution in [0, 0.1) is 0 Å². The molecule has 0 aromatic rings. The van der Waals surface area contributed by atoms with Crippen LogP contribution in [0.1, 0.15) is 32.6 Å². The Bertz CT molecular complexity index is 214. The van der Waals surface area contributed by atoms with Crippen LogP contribution in [-0.2, 0) is 9.47 Å².